The number of benzene rings is 1. The van der Waals surface area contributed by atoms with Crippen LogP contribution < -0.4 is 5.32 Å². The number of hydrogen-bond donors (Lipinski definition) is 1. The predicted octanol–water partition coefficient (Wildman–Crippen LogP) is 1.09. The Morgan fingerprint density at radius 1 is 1.29 bits per heavy atom. The van der Waals surface area contributed by atoms with Crippen molar-refractivity contribution in [2.24, 2.45) is 0 Å². The zero-order valence-corrected chi connectivity index (χ0v) is 9.29. The van der Waals surface area contributed by atoms with E-state index in [0.717, 1.165) is 13.2 Å². The third-order valence-corrected chi connectivity index (χ3v) is 2.31. The average molecular weight is 194 g/mol. The van der Waals surface area contributed by atoms with E-state index >= 15 is 0 Å². The Morgan fingerprint density at radius 3 is 2.50 bits per heavy atom. The minimum absolute atomic E-state index is 0.529. The largest absolute Gasteiger partial charge is 0.379 e. The summed E-state index contributed by atoms with van der Waals surface area (Å²) < 4.78 is 5.08. The zero-order valence-electron chi connectivity index (χ0n) is 9.29. The van der Waals surface area contributed by atoms with Gasteiger partial charge in [0.25, 0.3) is 0 Å². The summed E-state index contributed by atoms with van der Waals surface area (Å²) in [6, 6.07) is 9.21. The summed E-state index contributed by atoms with van der Waals surface area (Å²) in [5.74, 6) is 0. The molecule has 14 heavy (non-hydrogen) atoms. The Balaban J connectivity index is 2.34. The highest BCUT2D eigenvalue weighted by atomic mass is 16.5. The maximum absolute atomic E-state index is 5.08. The molecule has 1 aromatic rings. The van der Waals surface area contributed by atoms with Gasteiger partial charge in [0.05, 0.1) is 6.61 Å². The summed E-state index contributed by atoms with van der Waals surface area (Å²) in [5.41, 5.74) is 2.69. The van der Waals surface area contributed by atoms with Gasteiger partial charge in [0.1, 0.15) is 12.6 Å². The summed E-state index contributed by atoms with van der Waals surface area (Å²) >= 11 is 0. The lowest BCUT2D eigenvalue weighted by Gasteiger charge is -2.09. The van der Waals surface area contributed by atoms with Crippen LogP contribution in [0.5, 0.6) is 0 Å². The fraction of sp³-hybridized carbons (Fsp3) is 0.500. The molecule has 0 aliphatic rings. The van der Waals surface area contributed by atoms with Crippen molar-refractivity contribution in [2.45, 2.75) is 26.4 Å². The number of rotatable bonds is 5. The normalized spacial score (nSPS) is 12.8. The summed E-state index contributed by atoms with van der Waals surface area (Å²) in [7, 11) is 1.75. The molecule has 0 bridgehead atoms. The van der Waals surface area contributed by atoms with E-state index in [2.05, 4.69) is 43.4 Å². The molecule has 0 radical (unpaired) electrons. The molecule has 0 fully saturated rings. The lowest BCUT2D eigenvalue weighted by molar-refractivity contribution is -0.702. The quantitative estimate of drug-likeness (QED) is 0.746. The highest BCUT2D eigenvalue weighted by Crippen LogP contribution is 2.00. The fourth-order valence-electron chi connectivity index (χ4n) is 1.39. The summed E-state index contributed by atoms with van der Waals surface area (Å²) in [5, 5.41) is 2.30. The van der Waals surface area contributed by atoms with Crippen molar-refractivity contribution in [1.82, 2.24) is 0 Å². The van der Waals surface area contributed by atoms with Gasteiger partial charge in [-0.2, -0.15) is 0 Å². The molecule has 0 amide bonds. The molecule has 1 aromatic carbocycles. The highest BCUT2D eigenvalue weighted by Gasteiger charge is 2.03. The van der Waals surface area contributed by atoms with Crippen molar-refractivity contribution < 1.29 is 10.1 Å². The third kappa shape index (κ3) is 3.90. The van der Waals surface area contributed by atoms with Gasteiger partial charge in [-0.1, -0.05) is 29.8 Å². The number of aryl methyl sites for hydroxylation is 1. The van der Waals surface area contributed by atoms with Gasteiger partial charge in [-0.25, -0.2) is 0 Å². The first-order valence-corrected chi connectivity index (χ1v) is 5.10. The van der Waals surface area contributed by atoms with E-state index in [-0.39, 0.29) is 0 Å². The van der Waals surface area contributed by atoms with E-state index in [0.29, 0.717) is 6.04 Å². The minimum Gasteiger partial charge on any atom is -0.379 e. The van der Waals surface area contributed by atoms with Crippen LogP contribution in [0.25, 0.3) is 0 Å². The van der Waals surface area contributed by atoms with Crippen LogP contribution >= 0.6 is 0 Å². The molecule has 1 unspecified atom stereocenters. The highest BCUT2D eigenvalue weighted by molar-refractivity contribution is 5.20. The second-order valence-corrected chi connectivity index (χ2v) is 3.86. The first kappa shape index (κ1) is 11.2. The van der Waals surface area contributed by atoms with Crippen LogP contribution in [0, 0.1) is 6.92 Å². The van der Waals surface area contributed by atoms with E-state index in [1.807, 2.05) is 0 Å². The molecule has 1 atom stereocenters. The van der Waals surface area contributed by atoms with Gasteiger partial charge in [-0.3, -0.25) is 0 Å². The van der Waals surface area contributed by atoms with Crippen LogP contribution in [0.1, 0.15) is 18.1 Å². The van der Waals surface area contributed by atoms with E-state index in [1.54, 1.807) is 7.11 Å². The van der Waals surface area contributed by atoms with Crippen LogP contribution in [-0.4, -0.2) is 19.8 Å². The molecule has 0 saturated heterocycles. The Morgan fingerprint density at radius 2 is 1.93 bits per heavy atom. The van der Waals surface area contributed by atoms with Crippen LogP contribution in [0.3, 0.4) is 0 Å². The minimum atomic E-state index is 0.529. The summed E-state index contributed by atoms with van der Waals surface area (Å²) in [6.07, 6.45) is 0. The standard InChI is InChI=1S/C12H19NO/c1-10-4-6-12(7-5-10)8-13-11(2)9-14-3/h4-7,11,13H,8-9H2,1-3H3/p+1. The van der Waals surface area contributed by atoms with Gasteiger partial charge in [0.15, 0.2) is 0 Å². The van der Waals surface area contributed by atoms with Gasteiger partial charge >= 0.3 is 0 Å². The fourth-order valence-corrected chi connectivity index (χ4v) is 1.39. The summed E-state index contributed by atoms with van der Waals surface area (Å²) in [4.78, 5) is 0. The summed E-state index contributed by atoms with van der Waals surface area (Å²) in [6.45, 7) is 6.13. The molecule has 0 heterocycles. The van der Waals surface area contributed by atoms with Crippen LogP contribution in [0.4, 0.5) is 0 Å². The van der Waals surface area contributed by atoms with E-state index in [1.165, 1.54) is 11.1 Å². The number of methoxy groups -OCH3 is 1. The SMILES string of the molecule is COCC(C)[NH2+]Cc1ccc(C)cc1. The second-order valence-electron chi connectivity index (χ2n) is 3.86. The first-order valence-electron chi connectivity index (χ1n) is 5.10. The lowest BCUT2D eigenvalue weighted by atomic mass is 10.1. The molecule has 0 aromatic heterocycles. The molecule has 0 spiro atoms. The number of ether oxygens (including phenoxy) is 1. The van der Waals surface area contributed by atoms with Crippen molar-refractivity contribution in [3.63, 3.8) is 0 Å². The molecule has 0 aliphatic heterocycles. The van der Waals surface area contributed by atoms with Crippen molar-refractivity contribution >= 4 is 0 Å². The zero-order chi connectivity index (χ0) is 10.4. The van der Waals surface area contributed by atoms with Crippen LogP contribution in [-0.2, 0) is 11.3 Å². The van der Waals surface area contributed by atoms with Crippen molar-refractivity contribution in [1.29, 1.82) is 0 Å². The predicted molar refractivity (Wildman–Crippen MR) is 58.1 cm³/mol. The Bertz CT molecular complexity index is 256. The molecule has 78 valence electrons. The molecular formula is C12H20NO+. The van der Waals surface area contributed by atoms with Gasteiger partial charge in [0, 0.05) is 12.7 Å². The molecule has 1 rings (SSSR count). The van der Waals surface area contributed by atoms with E-state index in [4.69, 9.17) is 4.74 Å². The van der Waals surface area contributed by atoms with Gasteiger partial charge in [0.2, 0.25) is 0 Å². The first-order chi connectivity index (χ1) is 6.72. The van der Waals surface area contributed by atoms with E-state index in [9.17, 15) is 0 Å². The van der Waals surface area contributed by atoms with E-state index < -0.39 is 0 Å². The molecule has 2 nitrogen and oxygen atoms in total. The maximum atomic E-state index is 5.08. The van der Waals surface area contributed by atoms with Gasteiger partial charge in [-0.05, 0) is 13.8 Å². The molecule has 2 heteroatoms. The van der Waals surface area contributed by atoms with Gasteiger partial charge in [-0.15, -0.1) is 0 Å². The second kappa shape index (κ2) is 5.78. The van der Waals surface area contributed by atoms with Crippen LogP contribution in [0.2, 0.25) is 0 Å². The number of hydrogen-bond acceptors (Lipinski definition) is 1. The topological polar surface area (TPSA) is 25.8 Å². The molecular weight excluding hydrogens is 174 g/mol. The molecule has 0 saturated carbocycles. The third-order valence-electron chi connectivity index (χ3n) is 2.31. The Labute approximate surface area is 86.3 Å². The van der Waals surface area contributed by atoms with Crippen molar-refractivity contribution in [3.05, 3.63) is 35.4 Å². The van der Waals surface area contributed by atoms with Gasteiger partial charge < -0.3 is 10.1 Å². The molecule has 0 aliphatic carbocycles. The smallest absolute Gasteiger partial charge is 0.107 e. The molecule has 2 N–H and O–H groups in total. The Hall–Kier alpha value is -0.860. The monoisotopic (exact) mass is 194 g/mol. The lowest BCUT2D eigenvalue weighted by Crippen LogP contribution is -2.88. The Kier molecular flexibility index (Phi) is 4.63. The maximum Gasteiger partial charge on any atom is 0.107 e. The average Bonchev–Trinajstić information content (AvgIpc) is 2.17. The van der Waals surface area contributed by atoms with Crippen LogP contribution in [0.15, 0.2) is 24.3 Å². The number of quaternary nitrogens is 1. The number of nitrogens with two attached hydrogens (primary N) is 1. The van der Waals surface area contributed by atoms with Crippen molar-refractivity contribution in [3.8, 4) is 0 Å². The van der Waals surface area contributed by atoms with Crippen molar-refractivity contribution in [2.75, 3.05) is 13.7 Å².